The average molecular weight is 663 g/mol. The van der Waals surface area contributed by atoms with Crippen molar-refractivity contribution < 1.29 is 32.6 Å². The van der Waals surface area contributed by atoms with Gasteiger partial charge in [0.15, 0.2) is 0 Å². The van der Waals surface area contributed by atoms with E-state index in [1.165, 1.54) is 30.3 Å². The van der Waals surface area contributed by atoms with E-state index in [0.717, 1.165) is 56.4 Å². The molecule has 1 saturated heterocycles. The molecule has 240 valence electrons. The van der Waals surface area contributed by atoms with Crippen molar-refractivity contribution in [2.24, 2.45) is 5.10 Å². The Morgan fingerprint density at radius 1 is 1.04 bits per heavy atom. The van der Waals surface area contributed by atoms with Gasteiger partial charge in [-0.3, -0.25) is 14.5 Å². The smallest absolute Gasteiger partial charge is 0.417 e. The quantitative estimate of drug-likeness (QED) is 0.110. The lowest BCUT2D eigenvalue weighted by Crippen LogP contribution is -2.33. The number of alkyl halides is 3. The maximum absolute atomic E-state index is 13.3. The minimum atomic E-state index is -4.65. The van der Waals surface area contributed by atoms with Gasteiger partial charge in [0.2, 0.25) is 0 Å². The molecule has 0 saturated carbocycles. The number of halogens is 4. The van der Waals surface area contributed by atoms with Gasteiger partial charge in [-0.05, 0) is 79.5 Å². The van der Waals surface area contributed by atoms with Gasteiger partial charge in [-0.25, -0.2) is 5.43 Å². The lowest BCUT2D eigenvalue weighted by Gasteiger charge is -2.26. The van der Waals surface area contributed by atoms with E-state index in [0.29, 0.717) is 29.4 Å². The molecule has 0 aliphatic carbocycles. The molecule has 0 bridgehead atoms. The SMILES string of the molecule is O=C(Nc1ccc(OCCN2CCCCC2)cc1C(=O)NN=Cc1ccc(Cl)c(C(F)(F)F)c1)c1cccc(CSCCO)c1. The third kappa shape index (κ3) is 10.5. The van der Waals surface area contributed by atoms with E-state index in [4.69, 9.17) is 21.4 Å². The van der Waals surface area contributed by atoms with E-state index in [-0.39, 0.29) is 23.4 Å². The Hall–Kier alpha value is -3.58. The number of amides is 2. The van der Waals surface area contributed by atoms with Gasteiger partial charge in [-0.2, -0.15) is 30.0 Å². The Morgan fingerprint density at radius 2 is 1.84 bits per heavy atom. The van der Waals surface area contributed by atoms with Gasteiger partial charge in [0.1, 0.15) is 12.4 Å². The minimum absolute atomic E-state index is 0.0534. The van der Waals surface area contributed by atoms with Crippen molar-refractivity contribution in [2.75, 3.05) is 43.9 Å². The summed E-state index contributed by atoms with van der Waals surface area (Å²) in [5.41, 5.74) is 2.92. The molecular weight excluding hydrogens is 629 g/mol. The van der Waals surface area contributed by atoms with Crippen LogP contribution in [0.3, 0.4) is 0 Å². The predicted molar refractivity (Wildman–Crippen MR) is 171 cm³/mol. The number of anilines is 1. The molecule has 0 spiro atoms. The summed E-state index contributed by atoms with van der Waals surface area (Å²) >= 11 is 7.22. The highest BCUT2D eigenvalue weighted by Crippen LogP contribution is 2.35. The lowest BCUT2D eigenvalue weighted by atomic mass is 10.1. The maximum atomic E-state index is 13.3. The number of nitrogens with zero attached hydrogens (tertiary/aromatic N) is 2. The Kier molecular flexibility index (Phi) is 12.7. The highest BCUT2D eigenvalue weighted by Gasteiger charge is 2.33. The molecule has 8 nitrogen and oxygen atoms in total. The van der Waals surface area contributed by atoms with Crippen molar-refractivity contribution in [3.63, 3.8) is 0 Å². The summed E-state index contributed by atoms with van der Waals surface area (Å²) in [5, 5.41) is 15.2. The number of piperidine rings is 1. The molecule has 1 aliphatic rings. The Bertz CT molecular complexity index is 1500. The van der Waals surface area contributed by atoms with Crippen molar-refractivity contribution in [1.29, 1.82) is 0 Å². The van der Waals surface area contributed by atoms with E-state index in [1.54, 1.807) is 30.3 Å². The predicted octanol–water partition coefficient (Wildman–Crippen LogP) is 6.47. The molecule has 2 amide bonds. The monoisotopic (exact) mass is 662 g/mol. The molecule has 3 N–H and O–H groups in total. The third-order valence-corrected chi connectivity index (χ3v) is 8.32. The number of carbonyl (C=O) groups is 2. The zero-order valence-electron chi connectivity index (χ0n) is 24.4. The first-order valence-electron chi connectivity index (χ1n) is 14.4. The summed E-state index contributed by atoms with van der Waals surface area (Å²) in [7, 11) is 0. The number of thioether (sulfide) groups is 1. The zero-order chi connectivity index (χ0) is 32.2. The number of rotatable bonds is 13. The van der Waals surface area contributed by atoms with Gasteiger partial charge in [0, 0.05) is 23.6 Å². The van der Waals surface area contributed by atoms with Crippen LogP contribution in [-0.2, 0) is 11.9 Å². The van der Waals surface area contributed by atoms with Crippen LogP contribution >= 0.6 is 23.4 Å². The highest BCUT2D eigenvalue weighted by atomic mass is 35.5. The Balaban J connectivity index is 1.51. The number of hydrogen-bond donors (Lipinski definition) is 3. The van der Waals surface area contributed by atoms with Gasteiger partial charge in [0.05, 0.1) is 34.7 Å². The molecule has 0 atom stereocenters. The first kappa shape index (κ1) is 34.3. The highest BCUT2D eigenvalue weighted by molar-refractivity contribution is 7.98. The number of benzene rings is 3. The fraction of sp³-hybridized carbons (Fsp3) is 0.344. The lowest BCUT2D eigenvalue weighted by molar-refractivity contribution is -0.137. The van der Waals surface area contributed by atoms with Crippen LogP contribution in [0, 0.1) is 0 Å². The number of hydrogen-bond acceptors (Lipinski definition) is 7. The summed E-state index contributed by atoms with van der Waals surface area (Å²) in [4.78, 5) is 28.8. The number of aliphatic hydroxyl groups excluding tert-OH is 1. The van der Waals surface area contributed by atoms with Crippen molar-refractivity contribution >= 4 is 47.1 Å². The van der Waals surface area contributed by atoms with Crippen LogP contribution < -0.4 is 15.5 Å². The number of aliphatic hydroxyl groups is 1. The number of nitrogens with one attached hydrogen (secondary N) is 2. The summed E-state index contributed by atoms with van der Waals surface area (Å²) in [6.45, 7) is 3.23. The van der Waals surface area contributed by atoms with Crippen LogP contribution in [0.25, 0.3) is 0 Å². The van der Waals surface area contributed by atoms with Crippen LogP contribution in [0.1, 0.15) is 56.7 Å². The largest absolute Gasteiger partial charge is 0.492 e. The van der Waals surface area contributed by atoms with Crippen molar-refractivity contribution in [3.05, 3.63) is 93.5 Å². The fourth-order valence-corrected chi connectivity index (χ4v) is 5.62. The molecule has 13 heteroatoms. The molecular formula is C32H34ClF3N4O4S. The van der Waals surface area contributed by atoms with Gasteiger partial charge >= 0.3 is 6.18 Å². The Labute approximate surface area is 269 Å². The van der Waals surface area contributed by atoms with Crippen LogP contribution in [-0.4, -0.2) is 66.6 Å². The standard InChI is InChI=1S/C32H34ClF3N4O4S/c33-28-9-7-22(18-27(28)32(34,35)36)20-37-39-31(43)26-19-25(44-15-13-40-11-2-1-3-12-40)8-10-29(26)38-30(42)24-6-4-5-23(17-24)21-45-16-14-41/h4-10,17-20,41H,1-3,11-16,21H2,(H,38,42)(H,39,43). The summed E-state index contributed by atoms with van der Waals surface area (Å²) in [6.07, 6.45) is -0.0567. The van der Waals surface area contributed by atoms with Gasteiger partial charge < -0.3 is 15.2 Å². The van der Waals surface area contributed by atoms with Crippen LogP contribution in [0.15, 0.2) is 65.8 Å². The van der Waals surface area contributed by atoms with E-state index in [2.05, 4.69) is 20.7 Å². The van der Waals surface area contributed by atoms with Crippen molar-refractivity contribution in [3.8, 4) is 5.75 Å². The number of hydrazone groups is 1. The van der Waals surface area contributed by atoms with Gasteiger partial charge in [-0.1, -0.05) is 36.2 Å². The second-order valence-corrected chi connectivity index (χ2v) is 11.8. The molecule has 0 unspecified atom stereocenters. The molecule has 3 aromatic carbocycles. The summed E-state index contributed by atoms with van der Waals surface area (Å²) in [6, 6.07) is 15.0. The summed E-state index contributed by atoms with van der Waals surface area (Å²) < 4.78 is 45.6. The normalized spacial score (nSPS) is 14.0. The molecule has 1 heterocycles. The summed E-state index contributed by atoms with van der Waals surface area (Å²) in [5.74, 6) is 0.457. The molecule has 3 aromatic rings. The average Bonchev–Trinajstić information content (AvgIpc) is 3.02. The second-order valence-electron chi connectivity index (χ2n) is 10.3. The zero-order valence-corrected chi connectivity index (χ0v) is 26.0. The first-order chi connectivity index (χ1) is 21.6. The van der Waals surface area contributed by atoms with E-state index in [1.807, 2.05) is 6.07 Å². The number of carbonyl (C=O) groups excluding carboxylic acids is 2. The van der Waals surface area contributed by atoms with E-state index >= 15 is 0 Å². The van der Waals surface area contributed by atoms with E-state index < -0.39 is 28.6 Å². The Morgan fingerprint density at radius 3 is 2.60 bits per heavy atom. The fourth-order valence-electron chi connectivity index (χ4n) is 4.70. The minimum Gasteiger partial charge on any atom is -0.492 e. The molecule has 4 rings (SSSR count). The first-order valence-corrected chi connectivity index (χ1v) is 16.0. The molecule has 0 aromatic heterocycles. The van der Waals surface area contributed by atoms with Crippen LogP contribution in [0.4, 0.5) is 18.9 Å². The third-order valence-electron chi connectivity index (χ3n) is 6.98. The molecule has 1 fully saturated rings. The van der Waals surface area contributed by atoms with Gasteiger partial charge in [-0.15, -0.1) is 0 Å². The molecule has 0 radical (unpaired) electrons. The maximum Gasteiger partial charge on any atom is 0.417 e. The number of likely N-dealkylation sites (tertiary alicyclic amines) is 1. The van der Waals surface area contributed by atoms with Crippen molar-refractivity contribution in [1.82, 2.24) is 10.3 Å². The second kappa shape index (κ2) is 16.6. The number of ether oxygens (including phenoxy) is 1. The van der Waals surface area contributed by atoms with Gasteiger partial charge in [0.25, 0.3) is 11.8 Å². The molecule has 45 heavy (non-hydrogen) atoms. The van der Waals surface area contributed by atoms with Crippen LogP contribution in [0.2, 0.25) is 5.02 Å². The van der Waals surface area contributed by atoms with Crippen LogP contribution in [0.5, 0.6) is 5.75 Å². The van der Waals surface area contributed by atoms with Crippen molar-refractivity contribution in [2.45, 2.75) is 31.2 Å². The topological polar surface area (TPSA) is 103 Å². The van der Waals surface area contributed by atoms with E-state index in [9.17, 15) is 22.8 Å². The molecule has 1 aliphatic heterocycles.